The average molecular weight is 176 g/mol. The third-order valence-electron chi connectivity index (χ3n) is 1.63. The SMILES string of the molecule is O=C(O)CC/C=C/c1ccccc1. The second kappa shape index (κ2) is 5.14. The maximum atomic E-state index is 10.2. The van der Waals surface area contributed by atoms with E-state index in [0.29, 0.717) is 6.42 Å². The van der Waals surface area contributed by atoms with Crippen LogP contribution >= 0.6 is 0 Å². The van der Waals surface area contributed by atoms with E-state index in [-0.39, 0.29) is 6.42 Å². The minimum Gasteiger partial charge on any atom is -0.481 e. The lowest BCUT2D eigenvalue weighted by Gasteiger charge is -1.90. The molecule has 2 heteroatoms. The Balaban J connectivity index is 2.37. The summed E-state index contributed by atoms with van der Waals surface area (Å²) in [7, 11) is 0. The topological polar surface area (TPSA) is 37.3 Å². The Morgan fingerprint density at radius 2 is 2.00 bits per heavy atom. The molecule has 1 aromatic rings. The quantitative estimate of drug-likeness (QED) is 0.765. The molecule has 13 heavy (non-hydrogen) atoms. The highest BCUT2D eigenvalue weighted by molar-refractivity contribution is 5.67. The Bertz CT molecular complexity index is 288. The zero-order valence-corrected chi connectivity index (χ0v) is 7.31. The van der Waals surface area contributed by atoms with Gasteiger partial charge in [0.1, 0.15) is 0 Å². The summed E-state index contributed by atoms with van der Waals surface area (Å²) in [4.78, 5) is 10.2. The van der Waals surface area contributed by atoms with Gasteiger partial charge in [-0.25, -0.2) is 0 Å². The molecule has 1 N–H and O–H groups in total. The van der Waals surface area contributed by atoms with Crippen LogP contribution in [0.2, 0.25) is 0 Å². The molecule has 0 saturated heterocycles. The lowest BCUT2D eigenvalue weighted by molar-refractivity contribution is -0.136. The number of carboxylic acids is 1. The number of hydrogen-bond donors (Lipinski definition) is 1. The predicted octanol–water partition coefficient (Wildman–Crippen LogP) is 2.56. The molecule has 0 saturated carbocycles. The monoisotopic (exact) mass is 176 g/mol. The van der Waals surface area contributed by atoms with E-state index in [0.717, 1.165) is 5.56 Å². The van der Waals surface area contributed by atoms with Crippen LogP contribution in [0, 0.1) is 0 Å². The fourth-order valence-electron chi connectivity index (χ4n) is 0.990. The Morgan fingerprint density at radius 3 is 2.62 bits per heavy atom. The van der Waals surface area contributed by atoms with Gasteiger partial charge in [-0.05, 0) is 12.0 Å². The van der Waals surface area contributed by atoms with Crippen molar-refractivity contribution in [3.05, 3.63) is 42.0 Å². The smallest absolute Gasteiger partial charge is 0.303 e. The van der Waals surface area contributed by atoms with Crippen LogP contribution in [-0.2, 0) is 4.79 Å². The standard InChI is InChI=1S/C11H12O2/c12-11(13)9-5-4-8-10-6-2-1-3-7-10/h1-4,6-8H,5,9H2,(H,12,13)/b8-4+. The molecule has 1 aromatic carbocycles. The lowest BCUT2D eigenvalue weighted by Crippen LogP contribution is -1.91. The highest BCUT2D eigenvalue weighted by Gasteiger charge is 1.91. The van der Waals surface area contributed by atoms with Gasteiger partial charge < -0.3 is 5.11 Å². The molecule has 68 valence electrons. The second-order valence-corrected chi connectivity index (χ2v) is 2.75. The van der Waals surface area contributed by atoms with Gasteiger partial charge >= 0.3 is 5.97 Å². The first-order valence-corrected chi connectivity index (χ1v) is 4.22. The molecular weight excluding hydrogens is 164 g/mol. The molecule has 0 fully saturated rings. The molecule has 0 aromatic heterocycles. The highest BCUT2D eigenvalue weighted by Crippen LogP contribution is 2.02. The van der Waals surface area contributed by atoms with Gasteiger partial charge in [0.05, 0.1) is 0 Å². The number of aliphatic carboxylic acids is 1. The van der Waals surface area contributed by atoms with Gasteiger partial charge in [-0.15, -0.1) is 0 Å². The Labute approximate surface area is 77.5 Å². The maximum absolute atomic E-state index is 10.2. The number of hydrogen-bond acceptors (Lipinski definition) is 1. The van der Waals surface area contributed by atoms with E-state index in [2.05, 4.69) is 0 Å². The lowest BCUT2D eigenvalue weighted by atomic mass is 10.2. The van der Waals surface area contributed by atoms with Crippen LogP contribution < -0.4 is 0 Å². The van der Waals surface area contributed by atoms with Gasteiger partial charge in [0.25, 0.3) is 0 Å². The summed E-state index contributed by atoms with van der Waals surface area (Å²) in [6.45, 7) is 0. The number of allylic oxidation sites excluding steroid dienone is 1. The minimum atomic E-state index is -0.752. The largest absolute Gasteiger partial charge is 0.481 e. The van der Waals surface area contributed by atoms with Crippen LogP contribution in [0.3, 0.4) is 0 Å². The summed E-state index contributed by atoms with van der Waals surface area (Å²) >= 11 is 0. The number of carboxylic acid groups (broad SMARTS) is 1. The highest BCUT2D eigenvalue weighted by atomic mass is 16.4. The van der Waals surface area contributed by atoms with Crippen molar-refractivity contribution in [2.24, 2.45) is 0 Å². The zero-order chi connectivity index (χ0) is 9.52. The van der Waals surface area contributed by atoms with Crippen molar-refractivity contribution in [2.75, 3.05) is 0 Å². The summed E-state index contributed by atoms with van der Waals surface area (Å²) in [5.41, 5.74) is 1.10. The summed E-state index contributed by atoms with van der Waals surface area (Å²) < 4.78 is 0. The first kappa shape index (κ1) is 9.52. The molecule has 0 amide bonds. The third-order valence-corrected chi connectivity index (χ3v) is 1.63. The van der Waals surface area contributed by atoms with Crippen LogP contribution in [0.5, 0.6) is 0 Å². The van der Waals surface area contributed by atoms with Crippen molar-refractivity contribution >= 4 is 12.0 Å². The Hall–Kier alpha value is -1.57. The molecule has 0 unspecified atom stereocenters. The van der Waals surface area contributed by atoms with Gasteiger partial charge in [0.2, 0.25) is 0 Å². The van der Waals surface area contributed by atoms with Crippen LogP contribution in [0.15, 0.2) is 36.4 Å². The van der Waals surface area contributed by atoms with E-state index in [1.54, 1.807) is 0 Å². The van der Waals surface area contributed by atoms with Crippen LogP contribution in [0.1, 0.15) is 18.4 Å². The van der Waals surface area contributed by atoms with Crippen molar-refractivity contribution in [1.29, 1.82) is 0 Å². The normalized spacial score (nSPS) is 10.5. The minimum absolute atomic E-state index is 0.198. The molecule has 0 aliphatic heterocycles. The van der Waals surface area contributed by atoms with E-state index in [1.807, 2.05) is 42.5 Å². The van der Waals surface area contributed by atoms with Crippen molar-refractivity contribution in [3.63, 3.8) is 0 Å². The average Bonchev–Trinajstić information content (AvgIpc) is 2.14. The van der Waals surface area contributed by atoms with Gasteiger partial charge in [0.15, 0.2) is 0 Å². The molecule has 0 radical (unpaired) electrons. The van der Waals surface area contributed by atoms with E-state index in [9.17, 15) is 4.79 Å². The zero-order valence-electron chi connectivity index (χ0n) is 7.31. The summed E-state index contributed by atoms with van der Waals surface area (Å²) in [6, 6.07) is 9.83. The Morgan fingerprint density at radius 1 is 1.31 bits per heavy atom. The van der Waals surface area contributed by atoms with E-state index < -0.39 is 5.97 Å². The van der Waals surface area contributed by atoms with Gasteiger partial charge in [0, 0.05) is 6.42 Å². The molecule has 0 heterocycles. The van der Waals surface area contributed by atoms with Crippen molar-refractivity contribution in [3.8, 4) is 0 Å². The Kier molecular flexibility index (Phi) is 3.76. The number of benzene rings is 1. The number of carbonyl (C=O) groups is 1. The van der Waals surface area contributed by atoms with Gasteiger partial charge in [-0.2, -0.15) is 0 Å². The molecule has 2 nitrogen and oxygen atoms in total. The van der Waals surface area contributed by atoms with E-state index in [4.69, 9.17) is 5.11 Å². The van der Waals surface area contributed by atoms with E-state index >= 15 is 0 Å². The summed E-state index contributed by atoms with van der Waals surface area (Å²) in [5, 5.41) is 8.38. The van der Waals surface area contributed by atoms with Gasteiger partial charge in [-0.1, -0.05) is 42.5 Å². The fourth-order valence-corrected chi connectivity index (χ4v) is 0.990. The maximum Gasteiger partial charge on any atom is 0.303 e. The van der Waals surface area contributed by atoms with E-state index in [1.165, 1.54) is 0 Å². The predicted molar refractivity (Wildman–Crippen MR) is 52.3 cm³/mol. The molecule has 0 bridgehead atoms. The van der Waals surface area contributed by atoms with Crippen LogP contribution in [0.25, 0.3) is 6.08 Å². The molecular formula is C11H12O2. The summed E-state index contributed by atoms with van der Waals surface area (Å²) in [5.74, 6) is -0.752. The van der Waals surface area contributed by atoms with Crippen LogP contribution in [0.4, 0.5) is 0 Å². The first-order valence-electron chi connectivity index (χ1n) is 4.22. The van der Waals surface area contributed by atoms with Crippen molar-refractivity contribution in [2.45, 2.75) is 12.8 Å². The third kappa shape index (κ3) is 4.11. The second-order valence-electron chi connectivity index (χ2n) is 2.75. The summed E-state index contributed by atoms with van der Waals surface area (Å²) in [6.07, 6.45) is 4.60. The molecule has 0 spiro atoms. The van der Waals surface area contributed by atoms with Crippen molar-refractivity contribution < 1.29 is 9.90 Å². The van der Waals surface area contributed by atoms with Crippen molar-refractivity contribution in [1.82, 2.24) is 0 Å². The van der Waals surface area contributed by atoms with Gasteiger partial charge in [-0.3, -0.25) is 4.79 Å². The van der Waals surface area contributed by atoms with Crippen LogP contribution in [-0.4, -0.2) is 11.1 Å². The first-order chi connectivity index (χ1) is 6.29. The molecule has 0 atom stereocenters. The number of rotatable bonds is 4. The molecule has 0 aliphatic rings. The molecule has 0 aliphatic carbocycles. The fraction of sp³-hybridized carbons (Fsp3) is 0.182. The molecule has 1 rings (SSSR count).